The van der Waals surface area contributed by atoms with E-state index in [0.29, 0.717) is 0 Å². The van der Waals surface area contributed by atoms with Gasteiger partial charge >= 0.3 is 21.1 Å². The molecule has 5 heteroatoms. The number of ketones is 2. The first-order chi connectivity index (χ1) is 6.25. The van der Waals surface area contributed by atoms with E-state index < -0.39 is 0 Å². The summed E-state index contributed by atoms with van der Waals surface area (Å²) in [5, 5.41) is 20.0. The second-order valence-corrected chi connectivity index (χ2v) is 2.73. The fraction of sp³-hybridized carbons (Fsp3) is 0.400. The zero-order valence-electron chi connectivity index (χ0n) is 9.10. The van der Waals surface area contributed by atoms with Crippen molar-refractivity contribution >= 4 is 11.6 Å². The maximum atomic E-state index is 9.98. The van der Waals surface area contributed by atoms with E-state index in [1.165, 1.54) is 27.7 Å². The van der Waals surface area contributed by atoms with E-state index in [-0.39, 0.29) is 44.2 Å². The minimum atomic E-state index is -0.187. The summed E-state index contributed by atoms with van der Waals surface area (Å²) in [5.74, 6) is -0.750. The molecule has 0 spiro atoms. The molecule has 0 fully saturated rings. The molecule has 0 amide bonds. The Hall–Kier alpha value is -0.892. The fourth-order valence-corrected chi connectivity index (χ4v) is 0.572. The van der Waals surface area contributed by atoms with Gasteiger partial charge in [0.1, 0.15) is 0 Å². The van der Waals surface area contributed by atoms with Crippen LogP contribution in [0.25, 0.3) is 0 Å². The molecule has 0 aliphatic rings. The van der Waals surface area contributed by atoms with E-state index in [0.717, 1.165) is 12.2 Å². The largest absolute Gasteiger partial charge is 2.00 e. The van der Waals surface area contributed by atoms with Gasteiger partial charge in [0.2, 0.25) is 0 Å². The van der Waals surface area contributed by atoms with Crippen molar-refractivity contribution in [2.75, 3.05) is 0 Å². The van der Waals surface area contributed by atoms with Crippen LogP contribution in [0, 0.1) is 0 Å². The van der Waals surface area contributed by atoms with Crippen molar-refractivity contribution in [2.45, 2.75) is 27.7 Å². The Bertz CT molecular complexity index is 231. The second kappa shape index (κ2) is 11.2. The first-order valence-electron chi connectivity index (χ1n) is 3.97. The second-order valence-electron chi connectivity index (χ2n) is 2.73. The van der Waals surface area contributed by atoms with E-state index in [9.17, 15) is 19.8 Å². The van der Waals surface area contributed by atoms with Crippen LogP contribution in [0.4, 0.5) is 0 Å². The first-order valence-corrected chi connectivity index (χ1v) is 3.97. The predicted molar refractivity (Wildman–Crippen MR) is 48.9 cm³/mol. The summed E-state index contributed by atoms with van der Waals surface area (Å²) in [5.41, 5.74) is 0. The van der Waals surface area contributed by atoms with Gasteiger partial charge in [0.25, 0.3) is 0 Å². The Morgan fingerprint density at radius 2 is 1.00 bits per heavy atom. The van der Waals surface area contributed by atoms with Crippen LogP contribution >= 0.6 is 0 Å². The summed E-state index contributed by atoms with van der Waals surface area (Å²) in [6.07, 6.45) is 2.11. The minimum absolute atomic E-state index is 0. The third kappa shape index (κ3) is 32.0. The van der Waals surface area contributed by atoms with Gasteiger partial charge in [0.05, 0.1) is 0 Å². The molecule has 15 heavy (non-hydrogen) atoms. The van der Waals surface area contributed by atoms with Gasteiger partial charge in [-0.05, 0) is 26.0 Å². The van der Waals surface area contributed by atoms with Crippen molar-refractivity contribution in [3.05, 3.63) is 23.7 Å². The summed E-state index contributed by atoms with van der Waals surface area (Å²) in [4.78, 5) is 20.0. The number of allylic oxidation sites excluding steroid dienone is 4. The normalized spacial score (nSPS) is 10.7. The van der Waals surface area contributed by atoms with Crippen molar-refractivity contribution in [2.24, 2.45) is 0 Å². The van der Waals surface area contributed by atoms with Crippen LogP contribution in [-0.4, -0.2) is 11.6 Å². The van der Waals surface area contributed by atoms with Crippen LogP contribution in [0.15, 0.2) is 23.7 Å². The molecule has 0 aliphatic heterocycles. The van der Waals surface area contributed by atoms with E-state index in [1.54, 1.807) is 0 Å². The monoisotopic (exact) mass is 393 g/mol. The maximum absolute atomic E-state index is 9.98. The van der Waals surface area contributed by atoms with Gasteiger partial charge in [-0.25, -0.2) is 0 Å². The molecule has 0 N–H and O–H groups in total. The molecule has 0 aliphatic carbocycles. The van der Waals surface area contributed by atoms with Crippen molar-refractivity contribution in [3.63, 3.8) is 0 Å². The molecule has 0 aromatic carbocycles. The molecule has 0 atom stereocenters. The first kappa shape index (κ1) is 19.6. The van der Waals surface area contributed by atoms with Gasteiger partial charge < -0.3 is 10.2 Å². The molecule has 0 heterocycles. The Kier molecular flexibility index (Phi) is 14.6. The topological polar surface area (TPSA) is 80.3 Å². The number of carbonyl (C=O) groups excluding carboxylic acids is 2. The maximum Gasteiger partial charge on any atom is 2.00 e. The molecule has 88 valence electrons. The van der Waals surface area contributed by atoms with Crippen LogP contribution in [0.3, 0.4) is 0 Å². The number of hydrogen-bond donors (Lipinski definition) is 0. The van der Waals surface area contributed by atoms with Crippen LogP contribution < -0.4 is 10.2 Å². The third-order valence-electron chi connectivity index (χ3n) is 0.813. The van der Waals surface area contributed by atoms with Crippen molar-refractivity contribution in [1.82, 2.24) is 0 Å². The molecular weight excluding hydrogens is 379 g/mol. The number of carbonyl (C=O) groups is 2. The standard InChI is InChI=1S/2C5H8O2.Pt/c2*1-4(6)3-5(2)7;/h2*3,6H,1-2H3;/q;;+2/p-2/b4-3+;4-3-;. The molecule has 0 saturated carbocycles. The third-order valence-corrected chi connectivity index (χ3v) is 0.813. The van der Waals surface area contributed by atoms with Gasteiger partial charge in [0.15, 0.2) is 11.6 Å². The Labute approximate surface area is 104 Å². The molecule has 0 aromatic heterocycles. The Morgan fingerprint density at radius 1 is 0.800 bits per heavy atom. The fourth-order valence-electron chi connectivity index (χ4n) is 0.572. The van der Waals surface area contributed by atoms with E-state index in [1.807, 2.05) is 0 Å². The molecular formula is C10H14O4Pt. The van der Waals surface area contributed by atoms with Crippen LogP contribution in [-0.2, 0) is 30.7 Å². The van der Waals surface area contributed by atoms with Crippen LogP contribution in [0.5, 0.6) is 0 Å². The van der Waals surface area contributed by atoms with Crippen molar-refractivity contribution in [3.8, 4) is 0 Å². The van der Waals surface area contributed by atoms with E-state index in [4.69, 9.17) is 0 Å². The summed E-state index contributed by atoms with van der Waals surface area (Å²) >= 11 is 0. The molecule has 0 unspecified atom stereocenters. The summed E-state index contributed by atoms with van der Waals surface area (Å²) in [6.45, 7) is 5.39. The van der Waals surface area contributed by atoms with Crippen molar-refractivity contribution in [1.29, 1.82) is 0 Å². The SMILES string of the molecule is CC(=O)/C=C(/C)[O-].CC(=O)/C=C(\C)[O-].[Pt+2]. The summed E-state index contributed by atoms with van der Waals surface area (Å²) in [6, 6.07) is 0. The van der Waals surface area contributed by atoms with Gasteiger partial charge in [-0.1, -0.05) is 13.8 Å². The van der Waals surface area contributed by atoms with E-state index >= 15 is 0 Å². The van der Waals surface area contributed by atoms with Gasteiger partial charge in [-0.2, -0.15) is 0 Å². The molecule has 0 rings (SSSR count). The minimum Gasteiger partial charge on any atom is -0.876 e. The van der Waals surface area contributed by atoms with Crippen LogP contribution in [0.1, 0.15) is 27.7 Å². The zero-order chi connectivity index (χ0) is 11.7. The smallest absolute Gasteiger partial charge is 0.876 e. The average molecular weight is 393 g/mol. The zero-order valence-corrected chi connectivity index (χ0v) is 11.4. The Morgan fingerprint density at radius 3 is 1.00 bits per heavy atom. The van der Waals surface area contributed by atoms with E-state index in [2.05, 4.69) is 0 Å². The quantitative estimate of drug-likeness (QED) is 0.476. The van der Waals surface area contributed by atoms with Gasteiger partial charge in [-0.15, -0.1) is 11.5 Å². The van der Waals surface area contributed by atoms with Crippen molar-refractivity contribution < 1.29 is 40.9 Å². The van der Waals surface area contributed by atoms with Gasteiger partial charge in [-0.3, -0.25) is 9.59 Å². The molecule has 0 radical (unpaired) electrons. The molecule has 0 aromatic rings. The average Bonchev–Trinajstić information content (AvgIpc) is 1.79. The predicted octanol–water partition coefficient (Wildman–Crippen LogP) is -0.324. The van der Waals surface area contributed by atoms with Gasteiger partial charge in [0, 0.05) is 0 Å². The molecule has 0 bridgehead atoms. The Balaban J connectivity index is -0.000000180. The van der Waals surface area contributed by atoms with Crippen LogP contribution in [0.2, 0.25) is 0 Å². The molecule has 4 nitrogen and oxygen atoms in total. The summed E-state index contributed by atoms with van der Waals surface area (Å²) in [7, 11) is 0. The summed E-state index contributed by atoms with van der Waals surface area (Å²) < 4.78 is 0. The number of hydrogen-bond acceptors (Lipinski definition) is 4. The number of rotatable bonds is 2. The molecule has 0 saturated heterocycles.